The molecule has 3 N–H and O–H groups in total. The topological polar surface area (TPSA) is 55.1 Å². The van der Waals surface area contributed by atoms with Crippen LogP contribution < -0.4 is 11.1 Å². The van der Waals surface area contributed by atoms with E-state index in [1.54, 1.807) is 0 Å². The molecule has 1 aliphatic carbocycles. The number of primary amides is 1. The zero-order chi connectivity index (χ0) is 13.8. The number of amides is 1. The number of halogens is 1. The first-order chi connectivity index (χ1) is 9.06. The smallest absolute Gasteiger partial charge is 0.220 e. The highest BCUT2D eigenvalue weighted by molar-refractivity contribution is 6.30. The van der Waals surface area contributed by atoms with E-state index in [0.29, 0.717) is 6.04 Å². The van der Waals surface area contributed by atoms with E-state index in [2.05, 4.69) is 18.3 Å². The van der Waals surface area contributed by atoms with Gasteiger partial charge in [-0.15, -0.1) is 0 Å². The van der Waals surface area contributed by atoms with Crippen molar-refractivity contribution in [3.63, 3.8) is 0 Å². The van der Waals surface area contributed by atoms with E-state index < -0.39 is 0 Å². The third kappa shape index (κ3) is 3.95. The quantitative estimate of drug-likeness (QED) is 0.891. The first-order valence-electron chi connectivity index (χ1n) is 6.84. The molecule has 4 heteroatoms. The molecule has 19 heavy (non-hydrogen) atoms. The third-order valence-electron chi connectivity index (χ3n) is 4.02. The number of carbonyl (C=O) groups excluding carboxylic acids is 1. The fraction of sp³-hybridized carbons (Fsp3) is 0.533. The van der Waals surface area contributed by atoms with Crippen LogP contribution in [-0.2, 0) is 11.3 Å². The van der Waals surface area contributed by atoms with Gasteiger partial charge in [0.25, 0.3) is 0 Å². The van der Waals surface area contributed by atoms with Crippen molar-refractivity contribution in [2.24, 2.45) is 11.7 Å². The SMILES string of the molecule is Cc1cc(Cl)ccc1CNC1CCC(C(N)=O)CC1. The Hall–Kier alpha value is -1.06. The van der Waals surface area contributed by atoms with Crippen LogP contribution in [0.4, 0.5) is 0 Å². The molecule has 0 radical (unpaired) electrons. The Morgan fingerprint density at radius 3 is 2.63 bits per heavy atom. The lowest BCUT2D eigenvalue weighted by Crippen LogP contribution is -2.36. The molecule has 1 aliphatic rings. The molecule has 2 rings (SSSR count). The summed E-state index contributed by atoms with van der Waals surface area (Å²) >= 11 is 5.95. The van der Waals surface area contributed by atoms with Gasteiger partial charge in [-0.3, -0.25) is 4.79 Å². The van der Waals surface area contributed by atoms with Crippen molar-refractivity contribution in [2.75, 3.05) is 0 Å². The number of carbonyl (C=O) groups is 1. The van der Waals surface area contributed by atoms with Crippen LogP contribution in [0, 0.1) is 12.8 Å². The van der Waals surface area contributed by atoms with E-state index in [9.17, 15) is 4.79 Å². The lowest BCUT2D eigenvalue weighted by atomic mass is 9.85. The van der Waals surface area contributed by atoms with Gasteiger partial charge in [-0.1, -0.05) is 17.7 Å². The molecule has 0 unspecified atom stereocenters. The average Bonchev–Trinajstić information content (AvgIpc) is 2.38. The van der Waals surface area contributed by atoms with Gasteiger partial charge in [-0.05, 0) is 55.9 Å². The van der Waals surface area contributed by atoms with Crippen LogP contribution in [0.5, 0.6) is 0 Å². The largest absolute Gasteiger partial charge is 0.369 e. The molecule has 0 aliphatic heterocycles. The van der Waals surface area contributed by atoms with Gasteiger partial charge in [0.05, 0.1) is 0 Å². The number of nitrogens with two attached hydrogens (primary N) is 1. The van der Waals surface area contributed by atoms with Gasteiger partial charge < -0.3 is 11.1 Å². The Bertz CT molecular complexity index is 453. The van der Waals surface area contributed by atoms with Gasteiger partial charge in [0.2, 0.25) is 5.91 Å². The molecule has 1 amide bonds. The van der Waals surface area contributed by atoms with Crippen LogP contribution >= 0.6 is 11.6 Å². The van der Waals surface area contributed by atoms with Crippen LogP contribution in [0.15, 0.2) is 18.2 Å². The first-order valence-corrected chi connectivity index (χ1v) is 7.22. The summed E-state index contributed by atoms with van der Waals surface area (Å²) < 4.78 is 0. The van der Waals surface area contributed by atoms with Crippen molar-refractivity contribution in [2.45, 2.75) is 45.2 Å². The van der Waals surface area contributed by atoms with Crippen molar-refractivity contribution in [1.82, 2.24) is 5.32 Å². The van der Waals surface area contributed by atoms with Gasteiger partial charge in [0.15, 0.2) is 0 Å². The van der Waals surface area contributed by atoms with Crippen LogP contribution in [0.25, 0.3) is 0 Å². The molecule has 1 aromatic carbocycles. The number of rotatable bonds is 4. The molecule has 0 bridgehead atoms. The molecule has 0 spiro atoms. The maximum Gasteiger partial charge on any atom is 0.220 e. The number of hydrogen-bond donors (Lipinski definition) is 2. The predicted octanol–water partition coefficient (Wildman–Crippen LogP) is 2.78. The molecule has 0 saturated heterocycles. The number of aryl methyl sites for hydroxylation is 1. The summed E-state index contributed by atoms with van der Waals surface area (Å²) in [5, 5.41) is 4.34. The van der Waals surface area contributed by atoms with Gasteiger partial charge >= 0.3 is 0 Å². The highest BCUT2D eigenvalue weighted by Crippen LogP contribution is 2.24. The van der Waals surface area contributed by atoms with E-state index in [1.165, 1.54) is 11.1 Å². The normalized spacial score (nSPS) is 23.3. The summed E-state index contributed by atoms with van der Waals surface area (Å²) in [5.74, 6) is -0.0673. The van der Waals surface area contributed by atoms with Crippen LogP contribution in [0.2, 0.25) is 5.02 Å². The molecule has 104 valence electrons. The van der Waals surface area contributed by atoms with Crippen molar-refractivity contribution >= 4 is 17.5 Å². The van der Waals surface area contributed by atoms with Crippen molar-refractivity contribution < 1.29 is 4.79 Å². The summed E-state index contributed by atoms with van der Waals surface area (Å²) in [5.41, 5.74) is 7.83. The Kier molecular flexibility index (Phi) is 4.83. The molecule has 3 nitrogen and oxygen atoms in total. The summed E-state index contributed by atoms with van der Waals surface area (Å²) in [6, 6.07) is 6.48. The third-order valence-corrected chi connectivity index (χ3v) is 4.25. The number of nitrogens with one attached hydrogen (secondary N) is 1. The summed E-state index contributed by atoms with van der Waals surface area (Å²) in [4.78, 5) is 11.1. The Labute approximate surface area is 119 Å². The second-order valence-corrected chi connectivity index (χ2v) is 5.84. The lowest BCUT2D eigenvalue weighted by Gasteiger charge is -2.27. The highest BCUT2D eigenvalue weighted by Gasteiger charge is 2.24. The second kappa shape index (κ2) is 6.40. The van der Waals surface area contributed by atoms with E-state index in [0.717, 1.165) is 37.3 Å². The van der Waals surface area contributed by atoms with Gasteiger partial charge in [0.1, 0.15) is 0 Å². The second-order valence-electron chi connectivity index (χ2n) is 5.40. The molecular weight excluding hydrogens is 260 g/mol. The van der Waals surface area contributed by atoms with Gasteiger partial charge in [-0.2, -0.15) is 0 Å². The first kappa shape index (κ1) is 14.4. The Balaban J connectivity index is 1.82. The minimum absolute atomic E-state index is 0.0790. The van der Waals surface area contributed by atoms with Gasteiger partial charge in [0, 0.05) is 23.5 Å². The minimum atomic E-state index is -0.146. The fourth-order valence-electron chi connectivity index (χ4n) is 2.69. The van der Waals surface area contributed by atoms with Crippen LogP contribution in [0.1, 0.15) is 36.8 Å². The van der Waals surface area contributed by atoms with Crippen LogP contribution in [-0.4, -0.2) is 11.9 Å². The van der Waals surface area contributed by atoms with Gasteiger partial charge in [-0.25, -0.2) is 0 Å². The zero-order valence-corrected chi connectivity index (χ0v) is 12.0. The molecule has 0 aromatic heterocycles. The number of hydrogen-bond acceptors (Lipinski definition) is 2. The van der Waals surface area contributed by atoms with E-state index >= 15 is 0 Å². The molecule has 0 heterocycles. The fourth-order valence-corrected chi connectivity index (χ4v) is 2.92. The predicted molar refractivity (Wildman–Crippen MR) is 78.0 cm³/mol. The van der Waals surface area contributed by atoms with Crippen molar-refractivity contribution in [3.05, 3.63) is 34.3 Å². The Morgan fingerprint density at radius 1 is 1.37 bits per heavy atom. The Morgan fingerprint density at radius 2 is 2.05 bits per heavy atom. The van der Waals surface area contributed by atoms with Crippen LogP contribution in [0.3, 0.4) is 0 Å². The van der Waals surface area contributed by atoms with Crippen molar-refractivity contribution in [3.8, 4) is 0 Å². The van der Waals surface area contributed by atoms with E-state index in [-0.39, 0.29) is 11.8 Å². The summed E-state index contributed by atoms with van der Waals surface area (Å²) in [6.07, 6.45) is 3.87. The highest BCUT2D eigenvalue weighted by atomic mass is 35.5. The monoisotopic (exact) mass is 280 g/mol. The zero-order valence-electron chi connectivity index (χ0n) is 11.3. The standard InChI is InChI=1S/C15H21ClN2O/c1-10-8-13(16)5-2-12(10)9-18-14-6-3-11(4-7-14)15(17)19/h2,5,8,11,14,18H,3-4,6-7,9H2,1H3,(H2,17,19). The summed E-state index contributed by atoms with van der Waals surface area (Å²) in [7, 11) is 0. The van der Waals surface area contributed by atoms with E-state index in [4.69, 9.17) is 17.3 Å². The minimum Gasteiger partial charge on any atom is -0.369 e. The maximum absolute atomic E-state index is 11.1. The number of benzene rings is 1. The van der Waals surface area contributed by atoms with Crippen molar-refractivity contribution in [1.29, 1.82) is 0 Å². The molecule has 1 fully saturated rings. The molecule has 0 atom stereocenters. The summed E-state index contributed by atoms with van der Waals surface area (Å²) in [6.45, 7) is 2.93. The maximum atomic E-state index is 11.1. The molecule has 1 aromatic rings. The molecule has 1 saturated carbocycles. The molecular formula is C15H21ClN2O. The van der Waals surface area contributed by atoms with E-state index in [1.807, 2.05) is 12.1 Å². The lowest BCUT2D eigenvalue weighted by molar-refractivity contribution is -0.122. The average molecular weight is 281 g/mol.